The second kappa shape index (κ2) is 7.54. The Bertz CT molecular complexity index is 870. The van der Waals surface area contributed by atoms with Crippen LogP contribution in [0, 0.1) is 0 Å². The molecular formula is C22H26N2O4. The highest BCUT2D eigenvalue weighted by Gasteiger charge is 2.52. The number of carbonyl (C=O) groups excluding carboxylic acids is 1. The predicted molar refractivity (Wildman–Crippen MR) is 106 cm³/mol. The number of nitrogens with zero attached hydrogens (tertiary/aromatic N) is 1. The molecule has 0 bridgehead atoms. The minimum atomic E-state index is -0.778. The SMILES string of the molecule is COc1cc2c(cc1OC)C(c1ccccc1)N1CCNCC1(C(=O)CO)C2. The zero-order valence-corrected chi connectivity index (χ0v) is 16.3. The van der Waals surface area contributed by atoms with Crippen molar-refractivity contribution in [2.45, 2.75) is 18.0 Å². The predicted octanol–water partition coefficient (Wildman–Crippen LogP) is 1.55. The van der Waals surface area contributed by atoms with Crippen LogP contribution in [-0.2, 0) is 11.2 Å². The number of Topliss-reactive ketones (excluding diaryl/α,β-unsaturated/α-hetero) is 1. The van der Waals surface area contributed by atoms with Gasteiger partial charge in [0.25, 0.3) is 0 Å². The van der Waals surface area contributed by atoms with E-state index < -0.39 is 12.1 Å². The van der Waals surface area contributed by atoms with Gasteiger partial charge in [-0.15, -0.1) is 0 Å². The van der Waals surface area contributed by atoms with Crippen LogP contribution >= 0.6 is 0 Å². The van der Waals surface area contributed by atoms with E-state index in [4.69, 9.17) is 9.47 Å². The van der Waals surface area contributed by atoms with Crippen molar-refractivity contribution in [1.82, 2.24) is 10.2 Å². The number of ketones is 1. The van der Waals surface area contributed by atoms with Gasteiger partial charge >= 0.3 is 0 Å². The lowest BCUT2D eigenvalue weighted by Crippen LogP contribution is -2.69. The van der Waals surface area contributed by atoms with E-state index in [0.29, 0.717) is 24.5 Å². The zero-order valence-electron chi connectivity index (χ0n) is 16.3. The van der Waals surface area contributed by atoms with E-state index in [-0.39, 0.29) is 11.8 Å². The normalized spacial score (nSPS) is 24.2. The molecule has 2 unspecified atom stereocenters. The first-order valence-corrected chi connectivity index (χ1v) is 9.56. The number of fused-ring (bicyclic) bond motifs is 2. The third-order valence-electron chi connectivity index (χ3n) is 6.01. The van der Waals surface area contributed by atoms with Crippen LogP contribution in [0.2, 0.25) is 0 Å². The smallest absolute Gasteiger partial charge is 0.179 e. The Kier molecular flexibility index (Phi) is 5.10. The van der Waals surface area contributed by atoms with Crippen LogP contribution in [0.4, 0.5) is 0 Å². The van der Waals surface area contributed by atoms with Gasteiger partial charge in [-0.25, -0.2) is 0 Å². The summed E-state index contributed by atoms with van der Waals surface area (Å²) in [4.78, 5) is 15.3. The highest BCUT2D eigenvalue weighted by molar-refractivity contribution is 5.91. The molecular weight excluding hydrogens is 356 g/mol. The Morgan fingerprint density at radius 1 is 1.21 bits per heavy atom. The van der Waals surface area contributed by atoms with E-state index in [1.165, 1.54) is 0 Å². The van der Waals surface area contributed by atoms with E-state index in [0.717, 1.165) is 29.8 Å². The molecule has 4 rings (SSSR count). The summed E-state index contributed by atoms with van der Waals surface area (Å²) in [5.74, 6) is 1.18. The Morgan fingerprint density at radius 2 is 1.93 bits per heavy atom. The third-order valence-corrected chi connectivity index (χ3v) is 6.01. The molecule has 1 saturated heterocycles. The molecule has 2 aliphatic heterocycles. The molecule has 0 spiro atoms. The summed E-state index contributed by atoms with van der Waals surface area (Å²) in [5.41, 5.74) is 2.51. The summed E-state index contributed by atoms with van der Waals surface area (Å²) in [6, 6.07) is 14.1. The lowest BCUT2D eigenvalue weighted by molar-refractivity contribution is -0.138. The molecule has 6 heteroatoms. The summed E-state index contributed by atoms with van der Waals surface area (Å²) < 4.78 is 11.1. The number of ether oxygens (including phenoxy) is 2. The first-order chi connectivity index (χ1) is 13.6. The number of piperazine rings is 1. The van der Waals surface area contributed by atoms with Crippen molar-refractivity contribution >= 4 is 5.78 Å². The van der Waals surface area contributed by atoms with Gasteiger partial charge in [-0.1, -0.05) is 30.3 Å². The lowest BCUT2D eigenvalue weighted by atomic mass is 9.74. The first kappa shape index (κ1) is 18.9. The second-order valence-electron chi connectivity index (χ2n) is 7.38. The molecule has 2 aliphatic rings. The number of aliphatic hydroxyl groups excluding tert-OH is 1. The quantitative estimate of drug-likeness (QED) is 0.818. The van der Waals surface area contributed by atoms with Gasteiger partial charge in [0.05, 0.1) is 25.8 Å². The van der Waals surface area contributed by atoms with Crippen molar-refractivity contribution in [3.8, 4) is 11.5 Å². The topological polar surface area (TPSA) is 71.0 Å². The molecule has 2 atom stereocenters. The molecule has 0 saturated carbocycles. The maximum Gasteiger partial charge on any atom is 0.179 e. The summed E-state index contributed by atoms with van der Waals surface area (Å²) in [7, 11) is 3.25. The molecule has 0 radical (unpaired) electrons. The van der Waals surface area contributed by atoms with Gasteiger partial charge in [-0.2, -0.15) is 0 Å². The summed E-state index contributed by atoms with van der Waals surface area (Å²) in [6.45, 7) is 1.57. The maximum atomic E-state index is 13.0. The fourth-order valence-corrected chi connectivity index (χ4v) is 4.68. The van der Waals surface area contributed by atoms with E-state index >= 15 is 0 Å². The van der Waals surface area contributed by atoms with Crippen molar-refractivity contribution in [2.24, 2.45) is 0 Å². The Labute approximate surface area is 165 Å². The minimum Gasteiger partial charge on any atom is -0.493 e. The molecule has 28 heavy (non-hydrogen) atoms. The monoisotopic (exact) mass is 382 g/mol. The van der Waals surface area contributed by atoms with E-state index in [1.807, 2.05) is 30.3 Å². The Morgan fingerprint density at radius 3 is 2.61 bits per heavy atom. The van der Waals surface area contributed by atoms with Gasteiger partial charge in [0.15, 0.2) is 17.3 Å². The molecule has 6 nitrogen and oxygen atoms in total. The van der Waals surface area contributed by atoms with Crippen LogP contribution in [0.15, 0.2) is 42.5 Å². The highest BCUT2D eigenvalue weighted by Crippen LogP contribution is 2.46. The van der Waals surface area contributed by atoms with Crippen molar-refractivity contribution in [3.05, 3.63) is 59.2 Å². The number of hydrogen-bond donors (Lipinski definition) is 2. The third kappa shape index (κ3) is 2.89. The molecule has 2 N–H and O–H groups in total. The number of hydrogen-bond acceptors (Lipinski definition) is 6. The number of methoxy groups -OCH3 is 2. The van der Waals surface area contributed by atoms with Gasteiger partial charge in [-0.05, 0) is 35.2 Å². The van der Waals surface area contributed by atoms with E-state index in [9.17, 15) is 9.90 Å². The summed E-state index contributed by atoms with van der Waals surface area (Å²) in [5, 5.41) is 13.1. The standard InChI is InChI=1S/C22H26N2O4/c1-27-18-10-16-12-22(20(26)13-25)14-23-8-9-24(22)21(15-6-4-3-5-7-15)17(16)11-19(18)28-2/h3-7,10-11,21,23,25H,8-9,12-14H2,1-2H3. The zero-order chi connectivity index (χ0) is 19.7. The van der Waals surface area contributed by atoms with Gasteiger partial charge < -0.3 is 19.9 Å². The van der Waals surface area contributed by atoms with Crippen LogP contribution in [0.5, 0.6) is 11.5 Å². The number of carbonyl (C=O) groups is 1. The number of benzene rings is 2. The summed E-state index contributed by atoms with van der Waals surface area (Å²) in [6.07, 6.45) is 0.526. The largest absolute Gasteiger partial charge is 0.493 e. The molecule has 2 aromatic carbocycles. The average molecular weight is 382 g/mol. The molecule has 1 fully saturated rings. The van der Waals surface area contributed by atoms with E-state index in [2.05, 4.69) is 22.3 Å². The second-order valence-corrected chi connectivity index (χ2v) is 7.38. The number of aliphatic hydroxyl groups is 1. The van der Waals surface area contributed by atoms with Crippen molar-refractivity contribution in [3.63, 3.8) is 0 Å². The maximum absolute atomic E-state index is 13.0. The molecule has 148 valence electrons. The van der Waals surface area contributed by atoms with Gasteiger partial charge in [-0.3, -0.25) is 9.69 Å². The lowest BCUT2D eigenvalue weighted by Gasteiger charge is -2.53. The van der Waals surface area contributed by atoms with Crippen molar-refractivity contribution in [1.29, 1.82) is 0 Å². The van der Waals surface area contributed by atoms with Crippen molar-refractivity contribution in [2.75, 3.05) is 40.5 Å². The molecule has 0 aromatic heterocycles. The van der Waals surface area contributed by atoms with Gasteiger partial charge in [0.2, 0.25) is 0 Å². The first-order valence-electron chi connectivity index (χ1n) is 9.56. The van der Waals surface area contributed by atoms with Crippen LogP contribution < -0.4 is 14.8 Å². The number of nitrogens with one attached hydrogen (secondary N) is 1. The molecule has 0 amide bonds. The van der Waals surface area contributed by atoms with E-state index in [1.54, 1.807) is 14.2 Å². The van der Waals surface area contributed by atoms with Crippen LogP contribution in [0.3, 0.4) is 0 Å². The number of rotatable bonds is 5. The Hall–Kier alpha value is -2.41. The fourth-order valence-electron chi connectivity index (χ4n) is 4.68. The van der Waals surface area contributed by atoms with Crippen LogP contribution in [-0.4, -0.2) is 61.8 Å². The van der Waals surface area contributed by atoms with Gasteiger partial charge in [0, 0.05) is 19.6 Å². The van der Waals surface area contributed by atoms with Gasteiger partial charge in [0.1, 0.15) is 6.61 Å². The van der Waals surface area contributed by atoms with Crippen molar-refractivity contribution < 1.29 is 19.4 Å². The highest BCUT2D eigenvalue weighted by atomic mass is 16.5. The molecule has 2 aromatic rings. The summed E-state index contributed by atoms with van der Waals surface area (Å²) >= 11 is 0. The molecule has 0 aliphatic carbocycles. The Balaban J connectivity index is 1.96. The van der Waals surface area contributed by atoms with Crippen LogP contribution in [0.1, 0.15) is 22.7 Å². The molecule has 2 heterocycles. The average Bonchev–Trinajstić information content (AvgIpc) is 2.76. The minimum absolute atomic E-state index is 0.0950. The fraction of sp³-hybridized carbons (Fsp3) is 0.409. The van der Waals surface area contributed by atoms with Crippen LogP contribution in [0.25, 0.3) is 0 Å².